The number of hydrogen-bond acceptors (Lipinski definition) is 18. The highest BCUT2D eigenvalue weighted by Gasteiger charge is 2.53. The number of aliphatic hydroxyl groups excluding tert-OH is 11. The third kappa shape index (κ3) is 28.7. The van der Waals surface area contributed by atoms with E-state index < -0.39 is 124 Å². The van der Waals surface area contributed by atoms with E-state index in [1.807, 2.05) is 6.08 Å². The summed E-state index contributed by atoms with van der Waals surface area (Å²) < 4.78 is 34.2. The summed E-state index contributed by atoms with van der Waals surface area (Å²) in [6, 6.07) is -1.00. The summed E-state index contributed by atoms with van der Waals surface area (Å²) in [5, 5.41) is 120. The highest BCUT2D eigenvalue weighted by molar-refractivity contribution is 5.76. The Morgan fingerprint density at radius 1 is 0.432 bits per heavy atom. The van der Waals surface area contributed by atoms with Crippen molar-refractivity contribution < 1.29 is 89.4 Å². The monoisotopic (exact) mass is 1160 g/mol. The standard InChI is InChI=1S/C62H111NO18/c1-3-5-7-9-11-13-15-17-18-19-20-21-22-23-24-25-26-28-29-31-33-35-37-39-46(67)45(63-50(68)40-38-36-34-32-30-27-16-14-12-10-8-6-4-2)44-76-60-56(74)53(71)58(48(42-65)78-60)81-62-57(75)54(72)59(49(43-66)79-62)80-61-55(73)52(70)51(69)47(41-64)77-61/h14,16,24-25,29,31,37,39,45-49,51-62,64-67,69-75H,3-13,15,17-23,26-28,30,32-36,38,40-44H2,1-2H3,(H,63,68)/b16-14-,25-24+,31-29+,39-37+. The van der Waals surface area contributed by atoms with Gasteiger partial charge in [-0.05, 0) is 70.6 Å². The average molecular weight is 1160 g/mol. The minimum Gasteiger partial charge on any atom is -0.394 e. The van der Waals surface area contributed by atoms with Crippen molar-refractivity contribution in [2.45, 2.75) is 311 Å². The van der Waals surface area contributed by atoms with Gasteiger partial charge in [0.15, 0.2) is 18.9 Å². The molecular weight excluding hydrogens is 1050 g/mol. The molecule has 0 spiro atoms. The van der Waals surface area contributed by atoms with E-state index in [2.05, 4.69) is 55.6 Å². The van der Waals surface area contributed by atoms with Gasteiger partial charge in [0, 0.05) is 6.42 Å². The first-order valence-corrected chi connectivity index (χ1v) is 31.4. The predicted molar refractivity (Wildman–Crippen MR) is 309 cm³/mol. The number of carbonyl (C=O) groups excluding carboxylic acids is 1. The molecule has 3 saturated heterocycles. The molecule has 17 atom stereocenters. The Kier molecular flexibility index (Phi) is 40.7. The van der Waals surface area contributed by atoms with Crippen molar-refractivity contribution in [1.82, 2.24) is 5.32 Å². The maximum Gasteiger partial charge on any atom is 0.220 e. The Hall–Kier alpha value is -2.25. The van der Waals surface area contributed by atoms with Gasteiger partial charge in [-0.2, -0.15) is 0 Å². The van der Waals surface area contributed by atoms with Gasteiger partial charge < -0.3 is 89.9 Å². The van der Waals surface area contributed by atoms with Crippen LogP contribution in [0.2, 0.25) is 0 Å². The molecule has 0 aliphatic carbocycles. The van der Waals surface area contributed by atoms with E-state index in [1.54, 1.807) is 6.08 Å². The van der Waals surface area contributed by atoms with Crippen LogP contribution in [0.25, 0.3) is 0 Å². The van der Waals surface area contributed by atoms with Gasteiger partial charge in [-0.25, -0.2) is 0 Å². The second-order valence-corrected chi connectivity index (χ2v) is 22.5. The maximum absolute atomic E-state index is 13.3. The SMILES string of the molecule is CCCCCC/C=C\CCCCCCCC(=O)NC(COC1OC(CO)C(OC2OC(CO)C(OC3OC(CO)C(O)C(O)C3O)C(O)C2O)C(O)C1O)C(O)/C=C/CC/C=C/CC/C=C/CCCCCCCCCCCCCCC. The van der Waals surface area contributed by atoms with Gasteiger partial charge in [-0.3, -0.25) is 4.79 Å². The van der Waals surface area contributed by atoms with Gasteiger partial charge in [0.2, 0.25) is 5.91 Å². The first-order valence-electron chi connectivity index (χ1n) is 31.4. The van der Waals surface area contributed by atoms with Crippen LogP contribution < -0.4 is 5.32 Å². The summed E-state index contributed by atoms with van der Waals surface area (Å²) >= 11 is 0. The third-order valence-electron chi connectivity index (χ3n) is 15.6. The second-order valence-electron chi connectivity index (χ2n) is 22.5. The predicted octanol–water partition coefficient (Wildman–Crippen LogP) is 6.26. The topological polar surface area (TPSA) is 307 Å². The second kappa shape index (κ2) is 45.1. The molecule has 3 fully saturated rings. The Morgan fingerprint density at radius 3 is 1.25 bits per heavy atom. The van der Waals surface area contributed by atoms with Crippen LogP contribution in [0.5, 0.6) is 0 Å². The summed E-state index contributed by atoms with van der Waals surface area (Å²) in [6.45, 7) is 1.67. The molecule has 19 nitrogen and oxygen atoms in total. The molecule has 0 bridgehead atoms. The highest BCUT2D eigenvalue weighted by atomic mass is 16.8. The van der Waals surface area contributed by atoms with Crippen LogP contribution >= 0.6 is 0 Å². The molecule has 3 rings (SSSR count). The van der Waals surface area contributed by atoms with Crippen molar-refractivity contribution >= 4 is 5.91 Å². The minimum atomic E-state index is -1.98. The van der Waals surface area contributed by atoms with Gasteiger partial charge in [-0.15, -0.1) is 0 Å². The van der Waals surface area contributed by atoms with E-state index in [4.69, 9.17) is 28.4 Å². The summed E-state index contributed by atoms with van der Waals surface area (Å²) in [5.74, 6) is -0.300. The lowest BCUT2D eigenvalue weighted by molar-refractivity contribution is -0.379. The van der Waals surface area contributed by atoms with Crippen molar-refractivity contribution in [3.05, 3.63) is 48.6 Å². The average Bonchev–Trinajstić information content (AvgIpc) is 3.51. The molecule has 0 aromatic rings. The Morgan fingerprint density at radius 2 is 0.790 bits per heavy atom. The highest BCUT2D eigenvalue weighted by Crippen LogP contribution is 2.33. The van der Waals surface area contributed by atoms with E-state index in [1.165, 1.54) is 109 Å². The number of allylic oxidation sites excluding steroid dienone is 7. The van der Waals surface area contributed by atoms with Gasteiger partial charge in [0.05, 0.1) is 38.6 Å². The van der Waals surface area contributed by atoms with E-state index >= 15 is 0 Å². The van der Waals surface area contributed by atoms with E-state index in [0.717, 1.165) is 64.2 Å². The number of ether oxygens (including phenoxy) is 6. The van der Waals surface area contributed by atoms with Crippen molar-refractivity contribution in [3.8, 4) is 0 Å². The summed E-state index contributed by atoms with van der Waals surface area (Å²) in [4.78, 5) is 13.3. The third-order valence-corrected chi connectivity index (χ3v) is 15.6. The fourth-order valence-corrected chi connectivity index (χ4v) is 10.4. The van der Waals surface area contributed by atoms with E-state index in [9.17, 15) is 61.0 Å². The van der Waals surface area contributed by atoms with Gasteiger partial charge >= 0.3 is 0 Å². The molecule has 19 heteroatoms. The number of rotatable bonds is 46. The fourth-order valence-electron chi connectivity index (χ4n) is 10.4. The molecule has 1 amide bonds. The quantitative estimate of drug-likeness (QED) is 0.0236. The Labute approximate surface area is 484 Å². The molecule has 0 aromatic carbocycles. The Balaban J connectivity index is 1.50. The first-order chi connectivity index (χ1) is 39.3. The Bertz CT molecular complexity index is 1670. The van der Waals surface area contributed by atoms with Crippen LogP contribution in [0.3, 0.4) is 0 Å². The van der Waals surface area contributed by atoms with Crippen LogP contribution in [0.15, 0.2) is 48.6 Å². The van der Waals surface area contributed by atoms with Gasteiger partial charge in [0.25, 0.3) is 0 Å². The van der Waals surface area contributed by atoms with Crippen LogP contribution in [-0.2, 0) is 33.2 Å². The molecule has 17 unspecified atom stereocenters. The van der Waals surface area contributed by atoms with Crippen molar-refractivity contribution in [2.24, 2.45) is 0 Å². The first kappa shape index (κ1) is 73.0. The largest absolute Gasteiger partial charge is 0.394 e. The lowest BCUT2D eigenvalue weighted by atomic mass is 9.96. The number of aliphatic hydroxyl groups is 11. The zero-order chi connectivity index (χ0) is 59.0. The molecule has 0 saturated carbocycles. The molecule has 472 valence electrons. The summed E-state index contributed by atoms with van der Waals surface area (Å²) in [7, 11) is 0. The molecule has 3 heterocycles. The summed E-state index contributed by atoms with van der Waals surface area (Å²) in [6.07, 6.45) is 23.9. The number of unbranched alkanes of at least 4 members (excludes halogenated alkanes) is 24. The lowest BCUT2D eigenvalue weighted by Gasteiger charge is -2.48. The molecule has 0 radical (unpaired) electrons. The van der Waals surface area contributed by atoms with Crippen molar-refractivity contribution in [1.29, 1.82) is 0 Å². The fraction of sp³-hybridized carbons (Fsp3) is 0.855. The van der Waals surface area contributed by atoms with Gasteiger partial charge in [-0.1, -0.05) is 178 Å². The van der Waals surface area contributed by atoms with E-state index in [-0.39, 0.29) is 18.9 Å². The van der Waals surface area contributed by atoms with Crippen LogP contribution in [0, 0.1) is 0 Å². The number of hydrogen-bond donors (Lipinski definition) is 12. The van der Waals surface area contributed by atoms with Crippen LogP contribution in [0.4, 0.5) is 0 Å². The zero-order valence-corrected chi connectivity index (χ0v) is 49.3. The molecular formula is C62H111NO18. The van der Waals surface area contributed by atoms with Crippen LogP contribution in [0.1, 0.15) is 206 Å². The molecule has 3 aliphatic rings. The number of amides is 1. The number of nitrogens with one attached hydrogen (secondary N) is 1. The van der Waals surface area contributed by atoms with Crippen LogP contribution in [-0.4, -0.2) is 193 Å². The zero-order valence-electron chi connectivity index (χ0n) is 49.3. The van der Waals surface area contributed by atoms with E-state index in [0.29, 0.717) is 12.8 Å². The molecule has 81 heavy (non-hydrogen) atoms. The molecule has 0 aromatic heterocycles. The molecule has 12 N–H and O–H groups in total. The smallest absolute Gasteiger partial charge is 0.220 e. The minimum absolute atomic E-state index is 0.221. The van der Waals surface area contributed by atoms with Gasteiger partial charge in [0.1, 0.15) is 73.2 Å². The number of carbonyl (C=O) groups is 1. The van der Waals surface area contributed by atoms with Crippen molar-refractivity contribution in [2.75, 3.05) is 26.4 Å². The maximum atomic E-state index is 13.3. The van der Waals surface area contributed by atoms with Crippen molar-refractivity contribution in [3.63, 3.8) is 0 Å². The molecule has 3 aliphatic heterocycles. The lowest BCUT2D eigenvalue weighted by Crippen LogP contribution is -2.66. The normalized spacial score (nSPS) is 30.1. The summed E-state index contributed by atoms with van der Waals surface area (Å²) in [5.41, 5.74) is 0.